The number of halogens is 3. The van der Waals surface area contributed by atoms with Gasteiger partial charge in [0.05, 0.1) is 0 Å². The van der Waals surface area contributed by atoms with Gasteiger partial charge in [0.15, 0.2) is 3.01 Å². The molecule has 0 aliphatic carbocycles. The molecule has 72 valence electrons. The van der Waals surface area contributed by atoms with Crippen LogP contribution in [0, 0.1) is 8.83 Å². The van der Waals surface area contributed by atoms with Crippen molar-refractivity contribution in [2.75, 3.05) is 0 Å². The van der Waals surface area contributed by atoms with Gasteiger partial charge in [-0.2, -0.15) is 0 Å². The summed E-state index contributed by atoms with van der Waals surface area (Å²) in [4.78, 5) is 0. The van der Waals surface area contributed by atoms with E-state index in [1.165, 1.54) is 23.5 Å². The van der Waals surface area contributed by atoms with E-state index in [0.29, 0.717) is 0 Å². The summed E-state index contributed by atoms with van der Waals surface area (Å²) in [5.41, 5.74) is 0.741. The van der Waals surface area contributed by atoms with Crippen molar-refractivity contribution in [2.24, 2.45) is 0 Å². The van der Waals surface area contributed by atoms with Crippen molar-refractivity contribution in [1.82, 2.24) is 10.2 Å². The Morgan fingerprint density at radius 1 is 1.36 bits per heavy atom. The van der Waals surface area contributed by atoms with E-state index in [1.54, 1.807) is 6.07 Å². The molecule has 1 aromatic carbocycles. The quantitative estimate of drug-likeness (QED) is 0.700. The monoisotopic (exact) mass is 384 g/mol. The summed E-state index contributed by atoms with van der Waals surface area (Å²) < 4.78 is 14.6. The number of hydrogen-bond acceptors (Lipinski definition) is 3. The average molecular weight is 385 g/mol. The van der Waals surface area contributed by atoms with E-state index >= 15 is 0 Å². The van der Waals surface area contributed by atoms with Gasteiger partial charge in [-0.15, -0.1) is 10.2 Å². The average Bonchev–Trinajstić information content (AvgIpc) is 2.56. The van der Waals surface area contributed by atoms with E-state index < -0.39 is 0 Å². The highest BCUT2D eigenvalue weighted by molar-refractivity contribution is 14.1. The van der Waals surface area contributed by atoms with Gasteiger partial charge in [-0.25, -0.2) is 4.39 Å². The predicted molar refractivity (Wildman–Crippen MR) is 65.7 cm³/mol. The molecule has 0 aliphatic rings. The van der Waals surface area contributed by atoms with Gasteiger partial charge in [0.1, 0.15) is 10.8 Å². The molecule has 0 bridgehead atoms. The molecular formula is C8H3BrFIN2S. The van der Waals surface area contributed by atoms with E-state index in [0.717, 1.165) is 18.1 Å². The lowest BCUT2D eigenvalue weighted by atomic mass is 10.2. The molecule has 0 atom stereocenters. The summed E-state index contributed by atoms with van der Waals surface area (Å²) in [6.07, 6.45) is 0. The summed E-state index contributed by atoms with van der Waals surface area (Å²) in [5, 5.41) is 8.55. The molecule has 0 radical (unpaired) electrons. The van der Waals surface area contributed by atoms with Crippen LogP contribution in [0.15, 0.2) is 22.7 Å². The highest BCUT2D eigenvalue weighted by Gasteiger charge is 2.09. The second kappa shape index (κ2) is 4.19. The second-order valence-electron chi connectivity index (χ2n) is 2.48. The molecule has 0 amide bonds. The van der Waals surface area contributed by atoms with Crippen molar-refractivity contribution in [3.05, 3.63) is 31.5 Å². The number of rotatable bonds is 1. The van der Waals surface area contributed by atoms with Crippen LogP contribution in [-0.4, -0.2) is 10.2 Å². The molecule has 0 unspecified atom stereocenters. The van der Waals surface area contributed by atoms with Gasteiger partial charge >= 0.3 is 0 Å². The fourth-order valence-corrected chi connectivity index (χ4v) is 2.88. The minimum absolute atomic E-state index is 0.270. The number of aromatic nitrogens is 2. The summed E-state index contributed by atoms with van der Waals surface area (Å²) in [5.74, 6) is -0.270. The van der Waals surface area contributed by atoms with Crippen LogP contribution in [0.3, 0.4) is 0 Å². The maximum atomic E-state index is 13.0. The van der Waals surface area contributed by atoms with Crippen molar-refractivity contribution >= 4 is 49.9 Å². The Hall–Kier alpha value is -0.0800. The molecule has 0 aliphatic heterocycles. The summed E-state index contributed by atoms with van der Waals surface area (Å²) >= 11 is 6.86. The van der Waals surface area contributed by atoms with Gasteiger partial charge in [-0.1, -0.05) is 27.3 Å². The standard InChI is InChI=1S/C8H3BrFIN2S/c9-6-2-1-4(10)3-5(6)7-12-13-8(11)14-7/h1-3H. The smallest absolute Gasteiger partial charge is 0.178 e. The minimum atomic E-state index is -0.270. The lowest BCUT2D eigenvalue weighted by molar-refractivity contribution is 0.628. The molecule has 2 rings (SSSR count). The Labute approximate surface area is 106 Å². The Balaban J connectivity index is 2.55. The molecule has 14 heavy (non-hydrogen) atoms. The Morgan fingerprint density at radius 2 is 2.14 bits per heavy atom. The maximum Gasteiger partial charge on any atom is 0.178 e. The molecule has 1 heterocycles. The Morgan fingerprint density at radius 3 is 2.79 bits per heavy atom. The zero-order valence-electron chi connectivity index (χ0n) is 6.67. The first-order chi connectivity index (χ1) is 6.66. The number of benzene rings is 1. The SMILES string of the molecule is Fc1ccc(Br)c(-c2nnc(I)s2)c1. The molecule has 1 aromatic heterocycles. The molecule has 0 N–H and O–H groups in total. The van der Waals surface area contributed by atoms with Crippen LogP contribution in [0.2, 0.25) is 0 Å². The van der Waals surface area contributed by atoms with Gasteiger partial charge in [0.25, 0.3) is 0 Å². The first-order valence-corrected chi connectivity index (χ1v) is 6.30. The Bertz CT molecular complexity index is 474. The molecule has 0 fully saturated rings. The van der Waals surface area contributed by atoms with Gasteiger partial charge in [-0.3, -0.25) is 0 Å². The molecule has 0 spiro atoms. The second-order valence-corrected chi connectivity index (χ2v) is 6.07. The van der Waals surface area contributed by atoms with Crippen molar-refractivity contribution in [3.63, 3.8) is 0 Å². The molecule has 2 aromatic rings. The lowest BCUT2D eigenvalue weighted by Crippen LogP contribution is -1.81. The molecule has 0 saturated heterocycles. The van der Waals surface area contributed by atoms with E-state index in [-0.39, 0.29) is 5.82 Å². The van der Waals surface area contributed by atoms with Crippen molar-refractivity contribution < 1.29 is 4.39 Å². The minimum Gasteiger partial charge on any atom is -0.207 e. The van der Waals surface area contributed by atoms with Crippen LogP contribution in [0.1, 0.15) is 0 Å². The van der Waals surface area contributed by atoms with E-state index in [2.05, 4.69) is 48.7 Å². The van der Waals surface area contributed by atoms with Gasteiger partial charge < -0.3 is 0 Å². The molecule has 6 heteroatoms. The number of nitrogens with zero attached hydrogens (tertiary/aromatic N) is 2. The van der Waals surface area contributed by atoms with Crippen LogP contribution in [0.5, 0.6) is 0 Å². The number of hydrogen-bond donors (Lipinski definition) is 0. The molecular weight excluding hydrogens is 382 g/mol. The van der Waals surface area contributed by atoms with E-state index in [4.69, 9.17) is 0 Å². The van der Waals surface area contributed by atoms with Crippen molar-refractivity contribution in [3.8, 4) is 10.6 Å². The summed E-state index contributed by atoms with van der Waals surface area (Å²) in [7, 11) is 0. The van der Waals surface area contributed by atoms with Crippen LogP contribution in [-0.2, 0) is 0 Å². The fourth-order valence-electron chi connectivity index (χ4n) is 0.976. The van der Waals surface area contributed by atoms with Crippen molar-refractivity contribution in [1.29, 1.82) is 0 Å². The first-order valence-electron chi connectivity index (χ1n) is 3.61. The van der Waals surface area contributed by atoms with Gasteiger partial charge in [-0.05, 0) is 40.8 Å². The summed E-state index contributed by atoms with van der Waals surface area (Å²) in [6.45, 7) is 0. The highest BCUT2D eigenvalue weighted by Crippen LogP contribution is 2.31. The van der Waals surface area contributed by atoms with Crippen LogP contribution >= 0.6 is 49.9 Å². The van der Waals surface area contributed by atoms with Crippen molar-refractivity contribution in [2.45, 2.75) is 0 Å². The maximum absolute atomic E-state index is 13.0. The van der Waals surface area contributed by atoms with E-state index in [1.807, 2.05) is 0 Å². The van der Waals surface area contributed by atoms with Gasteiger partial charge in [0.2, 0.25) is 0 Å². The predicted octanol–water partition coefficient (Wildman–Crippen LogP) is 3.71. The van der Waals surface area contributed by atoms with Crippen LogP contribution < -0.4 is 0 Å². The zero-order chi connectivity index (χ0) is 10.1. The van der Waals surface area contributed by atoms with E-state index in [9.17, 15) is 4.39 Å². The van der Waals surface area contributed by atoms with Gasteiger partial charge in [0, 0.05) is 10.0 Å². The van der Waals surface area contributed by atoms with Crippen LogP contribution in [0.25, 0.3) is 10.6 Å². The molecule has 2 nitrogen and oxygen atoms in total. The third-order valence-electron chi connectivity index (χ3n) is 1.56. The lowest BCUT2D eigenvalue weighted by Gasteiger charge is -1.98. The first kappa shape index (κ1) is 10.4. The topological polar surface area (TPSA) is 25.8 Å². The normalized spacial score (nSPS) is 10.5. The van der Waals surface area contributed by atoms with Crippen LogP contribution in [0.4, 0.5) is 4.39 Å². The highest BCUT2D eigenvalue weighted by atomic mass is 127. The fraction of sp³-hybridized carbons (Fsp3) is 0. The zero-order valence-corrected chi connectivity index (χ0v) is 11.2. The third kappa shape index (κ3) is 2.12. The Kier molecular flexibility index (Phi) is 3.13. The largest absolute Gasteiger partial charge is 0.207 e. The molecule has 0 saturated carbocycles. The summed E-state index contributed by atoms with van der Waals surface area (Å²) in [6, 6.07) is 4.51. The third-order valence-corrected chi connectivity index (χ3v) is 3.87.